The number of aliphatic hydroxyl groups excluding tert-OH is 2. The van der Waals surface area contributed by atoms with E-state index in [4.69, 9.17) is 14.7 Å². The van der Waals surface area contributed by atoms with Gasteiger partial charge in [0, 0.05) is 30.5 Å². The zero-order valence-corrected chi connectivity index (χ0v) is 18.1. The van der Waals surface area contributed by atoms with E-state index in [0.29, 0.717) is 41.7 Å². The van der Waals surface area contributed by atoms with E-state index in [1.54, 1.807) is 25.7 Å². The minimum Gasteiger partial charge on any atom is -0.494 e. The molecule has 0 aliphatic carbocycles. The molecule has 9 nitrogen and oxygen atoms in total. The lowest BCUT2D eigenvalue weighted by Gasteiger charge is -2.35. The number of benzene rings is 1. The van der Waals surface area contributed by atoms with Crippen LogP contribution >= 0.6 is 0 Å². The zero-order chi connectivity index (χ0) is 22.8. The third-order valence-corrected chi connectivity index (χ3v) is 5.68. The summed E-state index contributed by atoms with van der Waals surface area (Å²) in [6, 6.07) is 13.5. The van der Waals surface area contributed by atoms with Crippen LogP contribution in [0.25, 0.3) is 22.3 Å². The molecule has 168 valence electrons. The Hall–Kier alpha value is -3.82. The van der Waals surface area contributed by atoms with Crippen molar-refractivity contribution in [2.75, 3.05) is 30.4 Å². The highest BCUT2D eigenvalue weighted by molar-refractivity contribution is 5.95. The Morgan fingerprint density at radius 3 is 2.70 bits per heavy atom. The standard InChI is InChI=1S/C24H24N6O3/c1-33-20-13-25-12-17-22(20)24(30-10-8-18(31)19(32)14-30)29-23(28-17)15-7-9-26-21(11-15)27-16-5-3-2-4-6-16/h2-7,9,11-13,18-19,31-32H,8,10,14H2,1H3,(H,26,27)/t18?,19-/m1/s1. The zero-order valence-electron chi connectivity index (χ0n) is 18.1. The fraction of sp³-hybridized carbons (Fsp3) is 0.250. The molecule has 3 aromatic heterocycles. The van der Waals surface area contributed by atoms with E-state index < -0.39 is 12.2 Å². The average Bonchev–Trinajstić information content (AvgIpc) is 2.85. The molecule has 1 saturated heterocycles. The molecule has 0 spiro atoms. The first kappa shape index (κ1) is 21.0. The van der Waals surface area contributed by atoms with Gasteiger partial charge in [-0.05, 0) is 30.7 Å². The Labute approximate surface area is 190 Å². The largest absolute Gasteiger partial charge is 0.494 e. The van der Waals surface area contributed by atoms with Gasteiger partial charge in [-0.1, -0.05) is 18.2 Å². The molecule has 4 heterocycles. The third kappa shape index (κ3) is 4.28. The number of nitrogens with one attached hydrogen (secondary N) is 1. The van der Waals surface area contributed by atoms with Crippen molar-refractivity contribution in [3.8, 4) is 17.1 Å². The van der Waals surface area contributed by atoms with Gasteiger partial charge in [-0.2, -0.15) is 0 Å². The number of rotatable bonds is 5. The average molecular weight is 444 g/mol. The molecule has 0 amide bonds. The molecule has 3 N–H and O–H groups in total. The van der Waals surface area contributed by atoms with E-state index in [0.717, 1.165) is 16.6 Å². The molecule has 1 fully saturated rings. The van der Waals surface area contributed by atoms with Gasteiger partial charge in [0.05, 0.1) is 42.6 Å². The van der Waals surface area contributed by atoms with Gasteiger partial charge in [-0.3, -0.25) is 4.98 Å². The Balaban J connectivity index is 1.59. The molecule has 0 bridgehead atoms. The second kappa shape index (κ2) is 8.97. The molecule has 1 aliphatic heterocycles. The van der Waals surface area contributed by atoms with Crippen LogP contribution in [0.5, 0.6) is 5.75 Å². The van der Waals surface area contributed by atoms with Crippen molar-refractivity contribution in [2.45, 2.75) is 18.6 Å². The SMILES string of the molecule is COc1cncc2nc(-c3ccnc(Nc4ccccc4)c3)nc(N3CCC(O)[C@H](O)C3)c12. The number of nitrogens with zero attached hydrogens (tertiary/aromatic N) is 5. The fourth-order valence-corrected chi connectivity index (χ4v) is 3.97. The van der Waals surface area contributed by atoms with Crippen LogP contribution in [0.15, 0.2) is 61.1 Å². The van der Waals surface area contributed by atoms with Crippen LogP contribution in [-0.2, 0) is 0 Å². The number of β-amino-alcohol motifs (C(OH)–C–C–N with tert-alkyl or cyclic N) is 1. The first-order valence-electron chi connectivity index (χ1n) is 10.7. The molecule has 5 rings (SSSR count). The second-order valence-electron chi connectivity index (χ2n) is 7.90. The van der Waals surface area contributed by atoms with Crippen molar-refractivity contribution in [3.63, 3.8) is 0 Å². The lowest BCUT2D eigenvalue weighted by Crippen LogP contribution is -2.47. The molecule has 33 heavy (non-hydrogen) atoms. The predicted molar refractivity (Wildman–Crippen MR) is 126 cm³/mol. The maximum absolute atomic E-state index is 10.3. The molecule has 9 heteroatoms. The molecule has 1 unspecified atom stereocenters. The van der Waals surface area contributed by atoms with E-state index >= 15 is 0 Å². The number of hydrogen-bond donors (Lipinski definition) is 3. The van der Waals surface area contributed by atoms with Crippen LogP contribution in [0, 0.1) is 0 Å². The van der Waals surface area contributed by atoms with Crippen molar-refractivity contribution in [1.82, 2.24) is 19.9 Å². The summed E-state index contributed by atoms with van der Waals surface area (Å²) in [5.41, 5.74) is 2.34. The van der Waals surface area contributed by atoms with Gasteiger partial charge in [-0.25, -0.2) is 15.0 Å². The Kier molecular flexibility index (Phi) is 5.72. The fourth-order valence-electron chi connectivity index (χ4n) is 3.97. The van der Waals surface area contributed by atoms with E-state index in [1.165, 1.54) is 0 Å². The van der Waals surface area contributed by atoms with Crippen molar-refractivity contribution < 1.29 is 14.9 Å². The molecule has 2 atom stereocenters. The summed E-state index contributed by atoms with van der Waals surface area (Å²) in [4.78, 5) is 20.2. The van der Waals surface area contributed by atoms with E-state index in [-0.39, 0.29) is 6.54 Å². The molecular weight excluding hydrogens is 420 g/mol. The van der Waals surface area contributed by atoms with Crippen LogP contribution in [0.2, 0.25) is 0 Å². The maximum Gasteiger partial charge on any atom is 0.162 e. The van der Waals surface area contributed by atoms with Crippen LogP contribution in [0.4, 0.5) is 17.3 Å². The van der Waals surface area contributed by atoms with Crippen LogP contribution < -0.4 is 15.0 Å². The summed E-state index contributed by atoms with van der Waals surface area (Å²) >= 11 is 0. The minimum atomic E-state index is -0.859. The Morgan fingerprint density at radius 1 is 1.06 bits per heavy atom. The summed E-state index contributed by atoms with van der Waals surface area (Å²) in [5.74, 6) is 2.36. The number of fused-ring (bicyclic) bond motifs is 1. The highest BCUT2D eigenvalue weighted by Crippen LogP contribution is 2.35. The van der Waals surface area contributed by atoms with Crippen LogP contribution in [-0.4, -0.2) is 62.6 Å². The molecule has 0 radical (unpaired) electrons. The number of piperidine rings is 1. The number of ether oxygens (including phenoxy) is 1. The maximum atomic E-state index is 10.3. The summed E-state index contributed by atoms with van der Waals surface area (Å²) < 4.78 is 5.54. The molecule has 1 aromatic carbocycles. The van der Waals surface area contributed by atoms with Gasteiger partial charge in [0.1, 0.15) is 17.4 Å². The normalized spacial score (nSPS) is 18.3. The monoisotopic (exact) mass is 444 g/mol. The molecule has 4 aromatic rings. The number of aromatic nitrogens is 4. The highest BCUT2D eigenvalue weighted by Gasteiger charge is 2.29. The van der Waals surface area contributed by atoms with Gasteiger partial charge in [0.2, 0.25) is 0 Å². The summed E-state index contributed by atoms with van der Waals surface area (Å²) in [6.45, 7) is 0.807. The van der Waals surface area contributed by atoms with Crippen LogP contribution in [0.3, 0.4) is 0 Å². The lowest BCUT2D eigenvalue weighted by molar-refractivity contribution is 0.00792. The van der Waals surface area contributed by atoms with E-state index in [1.807, 2.05) is 47.4 Å². The van der Waals surface area contributed by atoms with Gasteiger partial charge in [0.15, 0.2) is 5.82 Å². The lowest BCUT2D eigenvalue weighted by atomic mass is 10.0. The van der Waals surface area contributed by atoms with Gasteiger partial charge in [0.25, 0.3) is 0 Å². The summed E-state index contributed by atoms with van der Waals surface area (Å²) in [7, 11) is 1.58. The minimum absolute atomic E-state index is 0.259. The number of aliphatic hydroxyl groups is 2. The highest BCUT2D eigenvalue weighted by atomic mass is 16.5. The first-order chi connectivity index (χ1) is 16.1. The first-order valence-corrected chi connectivity index (χ1v) is 10.7. The number of pyridine rings is 2. The molecule has 1 aliphatic rings. The smallest absolute Gasteiger partial charge is 0.162 e. The predicted octanol–water partition coefficient (Wildman–Crippen LogP) is 2.77. The number of anilines is 3. The van der Waals surface area contributed by atoms with Gasteiger partial charge >= 0.3 is 0 Å². The van der Waals surface area contributed by atoms with Gasteiger partial charge in [-0.15, -0.1) is 0 Å². The Bertz CT molecular complexity index is 1270. The van der Waals surface area contributed by atoms with E-state index in [9.17, 15) is 10.2 Å². The third-order valence-electron chi connectivity index (χ3n) is 5.68. The van der Waals surface area contributed by atoms with Crippen molar-refractivity contribution in [3.05, 3.63) is 61.1 Å². The number of para-hydroxylation sites is 1. The molecule has 0 saturated carbocycles. The van der Waals surface area contributed by atoms with Crippen LogP contribution in [0.1, 0.15) is 6.42 Å². The van der Waals surface area contributed by atoms with Crippen molar-refractivity contribution in [1.29, 1.82) is 0 Å². The summed E-state index contributed by atoms with van der Waals surface area (Å²) in [5, 5.41) is 24.3. The van der Waals surface area contributed by atoms with E-state index in [2.05, 4.69) is 15.3 Å². The van der Waals surface area contributed by atoms with Crippen molar-refractivity contribution >= 4 is 28.2 Å². The van der Waals surface area contributed by atoms with Crippen molar-refractivity contribution in [2.24, 2.45) is 0 Å². The Morgan fingerprint density at radius 2 is 1.91 bits per heavy atom. The summed E-state index contributed by atoms with van der Waals surface area (Å²) in [6.07, 6.45) is 3.84. The quantitative estimate of drug-likeness (QED) is 0.427. The molecular formula is C24H24N6O3. The van der Waals surface area contributed by atoms with Gasteiger partial charge < -0.3 is 25.2 Å². The number of methoxy groups -OCH3 is 1. The number of hydrogen-bond acceptors (Lipinski definition) is 9. The topological polar surface area (TPSA) is 117 Å². The second-order valence-corrected chi connectivity index (χ2v) is 7.90.